The Bertz CT molecular complexity index is 1140. The van der Waals surface area contributed by atoms with Crippen molar-refractivity contribution in [1.82, 2.24) is 10.2 Å². The van der Waals surface area contributed by atoms with Crippen LogP contribution in [-0.4, -0.2) is 23.2 Å². The van der Waals surface area contributed by atoms with Gasteiger partial charge in [-0.1, -0.05) is 34.9 Å². The Labute approximate surface area is 155 Å². The topological polar surface area (TPSA) is 90.4 Å². The first-order valence-electron chi connectivity index (χ1n) is 8.34. The fourth-order valence-corrected chi connectivity index (χ4v) is 2.90. The maximum atomic E-state index is 12.5. The van der Waals surface area contributed by atoms with Crippen molar-refractivity contribution in [3.63, 3.8) is 0 Å². The largest absolute Gasteiger partial charge is 0.493 e. The SMILES string of the molecule is COc1cccc2cc(C(=O)Nc3nnc(-c4ccc(C)cc4C)o3)oc12. The number of rotatable bonds is 4. The van der Waals surface area contributed by atoms with Crippen LogP contribution >= 0.6 is 0 Å². The molecule has 1 amide bonds. The van der Waals surface area contributed by atoms with Gasteiger partial charge in [-0.2, -0.15) is 0 Å². The molecule has 7 nitrogen and oxygen atoms in total. The van der Waals surface area contributed by atoms with Crippen molar-refractivity contribution < 1.29 is 18.4 Å². The molecule has 0 saturated carbocycles. The lowest BCUT2D eigenvalue weighted by Gasteiger charge is -2.01. The lowest BCUT2D eigenvalue weighted by molar-refractivity contribution is 0.0995. The number of amides is 1. The number of hydrogen-bond acceptors (Lipinski definition) is 6. The van der Waals surface area contributed by atoms with E-state index in [0.29, 0.717) is 17.2 Å². The Morgan fingerprint density at radius 2 is 1.93 bits per heavy atom. The summed E-state index contributed by atoms with van der Waals surface area (Å²) in [4.78, 5) is 12.5. The Kier molecular flexibility index (Phi) is 4.12. The van der Waals surface area contributed by atoms with E-state index in [2.05, 4.69) is 15.5 Å². The normalized spacial score (nSPS) is 10.9. The Morgan fingerprint density at radius 1 is 1.07 bits per heavy atom. The molecule has 0 bridgehead atoms. The molecule has 4 rings (SSSR count). The molecule has 0 unspecified atom stereocenters. The van der Waals surface area contributed by atoms with Gasteiger partial charge in [0, 0.05) is 10.9 Å². The first-order chi connectivity index (χ1) is 13.0. The molecule has 4 aromatic rings. The number of carbonyl (C=O) groups is 1. The van der Waals surface area contributed by atoms with Crippen molar-refractivity contribution in [2.45, 2.75) is 13.8 Å². The summed E-state index contributed by atoms with van der Waals surface area (Å²) in [5.74, 6) is 0.542. The summed E-state index contributed by atoms with van der Waals surface area (Å²) in [5, 5.41) is 11.2. The van der Waals surface area contributed by atoms with Gasteiger partial charge in [-0.3, -0.25) is 10.1 Å². The molecule has 1 N–H and O–H groups in total. The van der Waals surface area contributed by atoms with Gasteiger partial charge in [0.15, 0.2) is 17.1 Å². The number of carbonyl (C=O) groups excluding carboxylic acids is 1. The third-order valence-corrected chi connectivity index (χ3v) is 4.21. The zero-order valence-electron chi connectivity index (χ0n) is 15.1. The van der Waals surface area contributed by atoms with E-state index in [1.54, 1.807) is 19.2 Å². The second kappa shape index (κ2) is 6.60. The minimum atomic E-state index is -0.482. The summed E-state index contributed by atoms with van der Waals surface area (Å²) in [6, 6.07) is 13.0. The second-order valence-corrected chi connectivity index (χ2v) is 6.17. The van der Waals surface area contributed by atoms with Crippen LogP contribution < -0.4 is 10.1 Å². The van der Waals surface area contributed by atoms with Crippen LogP contribution in [0.5, 0.6) is 5.75 Å². The van der Waals surface area contributed by atoms with E-state index >= 15 is 0 Å². The highest BCUT2D eigenvalue weighted by Gasteiger charge is 2.18. The van der Waals surface area contributed by atoms with Gasteiger partial charge in [0.25, 0.3) is 5.91 Å². The first-order valence-corrected chi connectivity index (χ1v) is 8.34. The Hall–Kier alpha value is -3.61. The van der Waals surface area contributed by atoms with Gasteiger partial charge in [0.05, 0.1) is 7.11 Å². The standard InChI is InChI=1S/C20H17N3O4/c1-11-7-8-14(12(2)9-11)19-22-23-20(27-19)21-18(24)16-10-13-5-4-6-15(25-3)17(13)26-16/h4-10H,1-3H3,(H,21,23,24). The number of nitrogens with one attached hydrogen (secondary N) is 1. The van der Waals surface area contributed by atoms with Crippen LogP contribution in [0, 0.1) is 13.8 Å². The number of aromatic nitrogens is 2. The number of hydrogen-bond donors (Lipinski definition) is 1. The van der Waals surface area contributed by atoms with Crippen LogP contribution in [-0.2, 0) is 0 Å². The molecule has 0 atom stereocenters. The fraction of sp³-hybridized carbons (Fsp3) is 0.150. The third-order valence-electron chi connectivity index (χ3n) is 4.21. The van der Waals surface area contributed by atoms with E-state index in [0.717, 1.165) is 22.1 Å². The molecule has 2 aromatic heterocycles. The zero-order chi connectivity index (χ0) is 19.0. The van der Waals surface area contributed by atoms with E-state index < -0.39 is 5.91 Å². The molecular formula is C20H17N3O4. The molecule has 2 heterocycles. The van der Waals surface area contributed by atoms with Crippen LogP contribution in [0.2, 0.25) is 0 Å². The van der Waals surface area contributed by atoms with Gasteiger partial charge in [-0.25, -0.2) is 0 Å². The van der Waals surface area contributed by atoms with Crippen molar-refractivity contribution in [3.8, 4) is 17.2 Å². The number of anilines is 1. The van der Waals surface area contributed by atoms with Crippen LogP contribution in [0.15, 0.2) is 51.3 Å². The van der Waals surface area contributed by atoms with Gasteiger partial charge in [-0.15, -0.1) is 5.10 Å². The highest BCUT2D eigenvalue weighted by Crippen LogP contribution is 2.29. The molecule has 2 aromatic carbocycles. The maximum Gasteiger partial charge on any atom is 0.322 e. The zero-order valence-corrected chi connectivity index (χ0v) is 15.1. The Balaban J connectivity index is 1.58. The predicted octanol–water partition coefficient (Wildman–Crippen LogP) is 4.36. The molecule has 0 saturated heterocycles. The fourth-order valence-electron chi connectivity index (χ4n) is 2.90. The smallest absolute Gasteiger partial charge is 0.322 e. The summed E-state index contributed by atoms with van der Waals surface area (Å²) in [7, 11) is 1.55. The lowest BCUT2D eigenvalue weighted by atomic mass is 10.1. The maximum absolute atomic E-state index is 12.5. The summed E-state index contributed by atoms with van der Waals surface area (Å²) in [6.45, 7) is 3.98. The average Bonchev–Trinajstić information content (AvgIpc) is 3.28. The molecule has 7 heteroatoms. The van der Waals surface area contributed by atoms with E-state index in [9.17, 15) is 4.79 Å². The summed E-state index contributed by atoms with van der Waals surface area (Å²) < 4.78 is 16.4. The third kappa shape index (κ3) is 3.15. The van der Waals surface area contributed by atoms with Crippen LogP contribution in [0.3, 0.4) is 0 Å². The van der Waals surface area contributed by atoms with Crippen LogP contribution in [0.4, 0.5) is 6.01 Å². The summed E-state index contributed by atoms with van der Waals surface area (Å²) in [6.07, 6.45) is 0. The van der Waals surface area contributed by atoms with Crippen molar-refractivity contribution in [3.05, 3.63) is 59.4 Å². The van der Waals surface area contributed by atoms with Gasteiger partial charge in [0.2, 0.25) is 5.89 Å². The number of nitrogens with zero attached hydrogens (tertiary/aromatic N) is 2. The quantitative estimate of drug-likeness (QED) is 0.579. The summed E-state index contributed by atoms with van der Waals surface area (Å²) >= 11 is 0. The number of para-hydroxylation sites is 1. The number of benzene rings is 2. The highest BCUT2D eigenvalue weighted by molar-refractivity contribution is 6.04. The van der Waals surface area contributed by atoms with E-state index in [1.807, 2.05) is 44.2 Å². The van der Waals surface area contributed by atoms with E-state index in [1.165, 1.54) is 0 Å². The van der Waals surface area contributed by atoms with Crippen molar-refractivity contribution in [1.29, 1.82) is 0 Å². The number of fused-ring (bicyclic) bond motifs is 1. The van der Waals surface area contributed by atoms with Gasteiger partial charge >= 0.3 is 6.01 Å². The molecule has 136 valence electrons. The molecule has 0 spiro atoms. The monoisotopic (exact) mass is 363 g/mol. The molecule has 0 aliphatic heterocycles. The van der Waals surface area contributed by atoms with Crippen molar-refractivity contribution >= 4 is 22.9 Å². The molecule has 0 aliphatic carbocycles. The lowest BCUT2D eigenvalue weighted by Crippen LogP contribution is -2.10. The van der Waals surface area contributed by atoms with E-state index in [4.69, 9.17) is 13.6 Å². The Morgan fingerprint density at radius 3 is 2.70 bits per heavy atom. The minimum Gasteiger partial charge on any atom is -0.493 e. The molecule has 0 fully saturated rings. The van der Waals surface area contributed by atoms with Crippen LogP contribution in [0.1, 0.15) is 21.7 Å². The van der Waals surface area contributed by atoms with Crippen LogP contribution in [0.25, 0.3) is 22.4 Å². The second-order valence-electron chi connectivity index (χ2n) is 6.17. The number of ether oxygens (including phenoxy) is 1. The number of methoxy groups -OCH3 is 1. The molecule has 0 radical (unpaired) electrons. The molecule has 0 aliphatic rings. The number of furan rings is 1. The minimum absolute atomic E-state index is 0.00222. The van der Waals surface area contributed by atoms with Gasteiger partial charge < -0.3 is 13.6 Å². The summed E-state index contributed by atoms with van der Waals surface area (Å²) in [5.41, 5.74) is 3.49. The molecule has 27 heavy (non-hydrogen) atoms. The van der Waals surface area contributed by atoms with E-state index in [-0.39, 0.29) is 11.8 Å². The highest BCUT2D eigenvalue weighted by atomic mass is 16.5. The predicted molar refractivity (Wildman–Crippen MR) is 99.9 cm³/mol. The van der Waals surface area contributed by atoms with Gasteiger partial charge in [-0.05, 0) is 37.6 Å². The number of aryl methyl sites for hydroxylation is 2. The van der Waals surface area contributed by atoms with Crippen molar-refractivity contribution in [2.24, 2.45) is 0 Å². The molecular weight excluding hydrogens is 346 g/mol. The average molecular weight is 363 g/mol. The van der Waals surface area contributed by atoms with Crippen molar-refractivity contribution in [2.75, 3.05) is 12.4 Å². The first kappa shape index (κ1) is 16.8. The van der Waals surface area contributed by atoms with Gasteiger partial charge in [0.1, 0.15) is 0 Å².